The van der Waals surface area contributed by atoms with Crippen molar-refractivity contribution in [2.45, 2.75) is 153 Å². The maximum Gasteiger partial charge on any atom is 0.449 e. The summed E-state index contributed by atoms with van der Waals surface area (Å²) in [5.74, 6) is -3.13. The minimum atomic E-state index is -4.70. The monoisotopic (exact) mass is 727 g/mol. The molecule has 0 amide bonds. The van der Waals surface area contributed by atoms with Crippen LogP contribution in [0.2, 0.25) is 0 Å². The van der Waals surface area contributed by atoms with E-state index in [0.717, 1.165) is 44.8 Å². The molecule has 0 aromatic carbocycles. The van der Waals surface area contributed by atoms with Gasteiger partial charge in [-0.15, -0.1) is 0 Å². The highest BCUT2D eigenvalue weighted by Gasteiger charge is 2.73. The number of unbranched alkanes of at least 4 members (excludes halogenated alkanes) is 1. The summed E-state index contributed by atoms with van der Waals surface area (Å²) in [4.78, 5) is 25.9. The Morgan fingerprint density at radius 1 is 0.824 bits per heavy atom. The lowest BCUT2D eigenvalue weighted by Crippen LogP contribution is -2.72. The molecular formula is C38H56F3NO9. The van der Waals surface area contributed by atoms with Gasteiger partial charge < -0.3 is 33.2 Å². The molecule has 2 spiro atoms. The van der Waals surface area contributed by atoms with Crippen molar-refractivity contribution in [3.05, 3.63) is 11.3 Å². The van der Waals surface area contributed by atoms with Gasteiger partial charge in [0, 0.05) is 37.1 Å². The van der Waals surface area contributed by atoms with Crippen molar-refractivity contribution >= 4 is 6.29 Å². The highest BCUT2D eigenvalue weighted by molar-refractivity contribution is 5.52. The molecule has 14 atom stereocenters. The molecule has 10 nitrogen and oxygen atoms in total. The van der Waals surface area contributed by atoms with E-state index in [1.807, 2.05) is 20.8 Å². The molecule has 0 aromatic rings. The number of allylic oxidation sites excluding steroid dienone is 1. The second-order valence-electron chi connectivity index (χ2n) is 17.6. The molecule has 6 saturated heterocycles. The van der Waals surface area contributed by atoms with Crippen molar-refractivity contribution in [3.63, 3.8) is 0 Å². The van der Waals surface area contributed by atoms with Crippen LogP contribution < -0.4 is 0 Å². The van der Waals surface area contributed by atoms with Crippen LogP contribution in [0, 0.1) is 41.4 Å². The number of hydrogen-bond donors (Lipinski definition) is 0. The lowest BCUT2D eigenvalue weighted by Gasteiger charge is -2.62. The van der Waals surface area contributed by atoms with Gasteiger partial charge in [-0.2, -0.15) is 13.2 Å². The zero-order chi connectivity index (χ0) is 36.2. The van der Waals surface area contributed by atoms with Gasteiger partial charge in [0.15, 0.2) is 23.5 Å². The van der Waals surface area contributed by atoms with Gasteiger partial charge in [-0.3, -0.25) is 4.90 Å². The molecule has 9 rings (SSSR count). The summed E-state index contributed by atoms with van der Waals surface area (Å²) in [5, 5.41) is 0. The van der Waals surface area contributed by atoms with Gasteiger partial charge in [-0.25, -0.2) is 9.78 Å². The Bertz CT molecular complexity index is 1400. The summed E-state index contributed by atoms with van der Waals surface area (Å²) in [5.41, 5.74) is -1.47. The number of carbonyl (C=O) groups is 1. The van der Waals surface area contributed by atoms with Crippen molar-refractivity contribution in [1.82, 2.24) is 4.90 Å². The third-order valence-electron chi connectivity index (χ3n) is 14.5. The fraction of sp³-hybridized carbons (Fsp3) is 0.921. The lowest BCUT2D eigenvalue weighted by molar-refractivity contribution is -0.585. The number of hydrogen-bond acceptors (Lipinski definition) is 10. The van der Waals surface area contributed by atoms with Gasteiger partial charge in [-0.1, -0.05) is 20.8 Å². The Morgan fingerprint density at radius 2 is 1.51 bits per heavy atom. The molecule has 9 aliphatic rings. The predicted octanol–water partition coefficient (Wildman–Crippen LogP) is 7.01. The van der Waals surface area contributed by atoms with Crippen molar-refractivity contribution in [1.29, 1.82) is 0 Å². The summed E-state index contributed by atoms with van der Waals surface area (Å²) in [6.45, 7) is 13.1. The largest absolute Gasteiger partial charge is 0.456 e. The van der Waals surface area contributed by atoms with E-state index < -0.39 is 59.0 Å². The van der Waals surface area contributed by atoms with Gasteiger partial charge in [0.1, 0.15) is 11.9 Å². The topological polar surface area (TPSA) is 94.2 Å². The quantitative estimate of drug-likeness (QED) is 0.133. The molecule has 2 unspecified atom stereocenters. The number of ether oxygens (including phenoxy) is 6. The normalized spacial score (nSPS) is 50.0. The summed E-state index contributed by atoms with van der Waals surface area (Å²) < 4.78 is 82.4. The van der Waals surface area contributed by atoms with Crippen LogP contribution in [0.1, 0.15) is 106 Å². The Labute approximate surface area is 299 Å². The molecule has 0 radical (unpaired) electrons. The maximum atomic E-state index is 14.7. The Morgan fingerprint density at radius 3 is 2.24 bits per heavy atom. The Balaban J connectivity index is 0.945. The molecule has 4 bridgehead atoms. The third-order valence-corrected chi connectivity index (χ3v) is 14.5. The Kier molecular flexibility index (Phi) is 9.06. The average Bonchev–Trinajstić information content (AvgIpc) is 3.13. The van der Waals surface area contributed by atoms with Crippen LogP contribution in [0.4, 0.5) is 13.2 Å². The molecule has 7 heterocycles. The highest BCUT2D eigenvalue weighted by atomic mass is 19.4. The van der Waals surface area contributed by atoms with E-state index >= 15 is 0 Å². The van der Waals surface area contributed by atoms with E-state index in [1.165, 1.54) is 0 Å². The Hall–Kier alpha value is -1.32. The zero-order valence-electron chi connectivity index (χ0n) is 30.9. The van der Waals surface area contributed by atoms with Crippen molar-refractivity contribution in [3.8, 4) is 0 Å². The van der Waals surface area contributed by atoms with Gasteiger partial charge in [-0.05, 0) is 108 Å². The number of nitrogens with zero attached hydrogens (tertiary/aromatic N) is 1. The van der Waals surface area contributed by atoms with Gasteiger partial charge in [0.25, 0.3) is 0 Å². The number of aldehydes is 1. The standard InChI is InChI=1S/C38H56F3NO9/c1-22-10-12-29-25(30(38(39,40)41)45-31-36(29)26(22)13-15-33(4,46-31)49-36)21-42(18-19-43)17-7-8-20-44-35(6)24(3)28-11-9-23(2)27-14-16-34(5)47-32(48-35)37(27,28)51-50-34/h19,22-24,26-29,31-32H,7-18,20-21H2,1-6H3/t22-,23-,24-,26?,27?,28+,29+,31-,32+,33+,34+,35+,36-,37-/m1/s1. The first-order valence-electron chi connectivity index (χ1n) is 19.4. The van der Waals surface area contributed by atoms with Crippen molar-refractivity contribution < 1.29 is 56.2 Å². The highest BCUT2D eigenvalue weighted by Crippen LogP contribution is 2.65. The van der Waals surface area contributed by atoms with E-state index in [9.17, 15) is 18.0 Å². The first-order chi connectivity index (χ1) is 24.1. The smallest absolute Gasteiger partial charge is 0.449 e. The molecule has 13 heteroatoms. The summed E-state index contributed by atoms with van der Waals surface area (Å²) >= 11 is 0. The molecule has 7 aliphatic heterocycles. The van der Waals surface area contributed by atoms with E-state index in [4.69, 9.17) is 38.2 Å². The lowest BCUT2D eigenvalue weighted by atomic mass is 9.57. The number of rotatable bonds is 10. The van der Waals surface area contributed by atoms with Gasteiger partial charge >= 0.3 is 6.18 Å². The van der Waals surface area contributed by atoms with Crippen molar-refractivity contribution in [2.24, 2.45) is 41.4 Å². The number of carbonyl (C=O) groups excluding carboxylic acids is 1. The van der Waals surface area contributed by atoms with E-state index in [-0.39, 0.29) is 48.3 Å². The molecule has 0 aromatic heterocycles. The SMILES string of the molecule is C[C@@H]1CC[C@H]2C(CN(CC=O)CCCCO[C@@]3(C)O[C@@H]4O[C@]5(C)CCC6[C@H](C)CC[C@@H]([C@H]3C)[C@]64OO5)=C(C(F)(F)F)O[C@@H]3O[C@]4(C)CCC1[C@]32O4. The fourth-order valence-corrected chi connectivity index (χ4v) is 11.7. The number of halogens is 3. The van der Waals surface area contributed by atoms with Crippen LogP contribution in [0.15, 0.2) is 11.3 Å². The van der Waals surface area contributed by atoms with Crippen LogP contribution in [0.5, 0.6) is 0 Å². The fourth-order valence-electron chi connectivity index (χ4n) is 11.7. The minimum absolute atomic E-state index is 0.00216. The third kappa shape index (κ3) is 5.68. The van der Waals surface area contributed by atoms with Crippen LogP contribution in [0.25, 0.3) is 0 Å². The van der Waals surface area contributed by atoms with Crippen molar-refractivity contribution in [2.75, 3.05) is 26.2 Å². The number of alkyl halides is 3. The molecular weight excluding hydrogens is 671 g/mol. The first-order valence-corrected chi connectivity index (χ1v) is 19.4. The van der Waals surface area contributed by atoms with E-state index in [0.29, 0.717) is 44.8 Å². The van der Waals surface area contributed by atoms with Crippen LogP contribution in [-0.4, -0.2) is 84.7 Å². The summed E-state index contributed by atoms with van der Waals surface area (Å²) in [6, 6.07) is 0. The minimum Gasteiger partial charge on any atom is -0.456 e. The summed E-state index contributed by atoms with van der Waals surface area (Å²) in [7, 11) is 0. The maximum absolute atomic E-state index is 14.7. The molecule has 51 heavy (non-hydrogen) atoms. The van der Waals surface area contributed by atoms with Gasteiger partial charge in [0.05, 0.1) is 13.2 Å². The predicted molar refractivity (Wildman–Crippen MR) is 175 cm³/mol. The van der Waals surface area contributed by atoms with Crippen LogP contribution >= 0.6 is 0 Å². The molecule has 0 N–H and O–H groups in total. The second-order valence-corrected chi connectivity index (χ2v) is 17.6. The number of fused-ring (bicyclic) bond motifs is 3. The first kappa shape index (κ1) is 36.6. The second kappa shape index (κ2) is 12.6. The average molecular weight is 728 g/mol. The molecule has 8 fully saturated rings. The van der Waals surface area contributed by atoms with Crippen LogP contribution in [0.3, 0.4) is 0 Å². The van der Waals surface area contributed by atoms with Crippen LogP contribution in [-0.2, 0) is 43.0 Å². The molecule has 2 aliphatic carbocycles. The van der Waals surface area contributed by atoms with Gasteiger partial charge in [0.2, 0.25) is 17.8 Å². The molecule has 2 saturated carbocycles. The zero-order valence-corrected chi connectivity index (χ0v) is 30.9. The van der Waals surface area contributed by atoms with E-state index in [1.54, 1.807) is 4.90 Å². The summed E-state index contributed by atoms with van der Waals surface area (Å²) in [6.07, 6.45) is 2.09. The molecule has 288 valence electrons. The van der Waals surface area contributed by atoms with E-state index in [2.05, 4.69) is 20.8 Å².